The van der Waals surface area contributed by atoms with Crippen LogP contribution in [-0.4, -0.2) is 29.8 Å². The molecule has 1 N–H and O–H groups in total. The minimum absolute atomic E-state index is 0.0341. The van der Waals surface area contributed by atoms with Crippen molar-refractivity contribution in [1.82, 2.24) is 0 Å². The number of rotatable bonds is 3. The molecule has 1 aromatic carbocycles. The average molecular weight is 260 g/mol. The van der Waals surface area contributed by atoms with Crippen molar-refractivity contribution >= 4 is 5.78 Å². The fourth-order valence-electron chi connectivity index (χ4n) is 1.79. The maximum atomic E-state index is 12.0. The Hall–Kier alpha value is -1.56. The zero-order valence-corrected chi connectivity index (χ0v) is 9.33. The van der Waals surface area contributed by atoms with Crippen LogP contribution in [0.3, 0.4) is 0 Å². The van der Waals surface area contributed by atoms with Gasteiger partial charge in [0, 0.05) is 12.0 Å². The maximum absolute atomic E-state index is 12.0. The second-order valence-corrected chi connectivity index (χ2v) is 4.11. The van der Waals surface area contributed by atoms with Crippen molar-refractivity contribution < 1.29 is 27.8 Å². The number of aliphatic hydroxyl groups is 1. The van der Waals surface area contributed by atoms with Crippen LogP contribution in [0.15, 0.2) is 18.2 Å². The molecular formula is C12H11F3O3. The lowest BCUT2D eigenvalue weighted by molar-refractivity contribution is -0.210. The van der Waals surface area contributed by atoms with E-state index in [0.29, 0.717) is 18.4 Å². The Morgan fingerprint density at radius 3 is 2.72 bits per heavy atom. The first-order valence-electron chi connectivity index (χ1n) is 5.41. The van der Waals surface area contributed by atoms with E-state index in [-0.39, 0.29) is 11.5 Å². The van der Waals surface area contributed by atoms with Gasteiger partial charge in [0.15, 0.2) is 11.9 Å². The molecule has 1 aromatic rings. The van der Waals surface area contributed by atoms with E-state index in [2.05, 4.69) is 0 Å². The average Bonchev–Trinajstić information content (AvgIpc) is 2.66. The van der Waals surface area contributed by atoms with Crippen LogP contribution < -0.4 is 4.74 Å². The van der Waals surface area contributed by atoms with Crippen LogP contribution in [0.4, 0.5) is 13.2 Å². The molecule has 0 spiro atoms. The van der Waals surface area contributed by atoms with Gasteiger partial charge < -0.3 is 9.84 Å². The molecule has 0 heterocycles. The molecule has 6 heteroatoms. The largest absolute Gasteiger partial charge is 0.491 e. The van der Waals surface area contributed by atoms with Gasteiger partial charge in [0.05, 0.1) is 0 Å². The molecule has 1 atom stereocenters. The Morgan fingerprint density at radius 2 is 2.06 bits per heavy atom. The number of ketones is 1. The number of Topliss-reactive ketones (excluding diaryl/α,β-unsaturated/α-hetero) is 1. The Balaban J connectivity index is 2.02. The predicted octanol–water partition coefficient (Wildman–Crippen LogP) is 2.12. The van der Waals surface area contributed by atoms with E-state index in [1.807, 2.05) is 0 Å². The molecule has 1 unspecified atom stereocenters. The molecule has 1 aliphatic carbocycles. The molecule has 1 aliphatic rings. The number of aliphatic hydroxyl groups excluding tert-OH is 1. The van der Waals surface area contributed by atoms with Crippen LogP contribution in [-0.2, 0) is 6.42 Å². The SMILES string of the molecule is O=C1CCc2cc(OCC(O)C(F)(F)F)ccc21. The van der Waals surface area contributed by atoms with Crippen molar-refractivity contribution in [1.29, 1.82) is 0 Å². The Bertz CT molecular complexity index is 468. The van der Waals surface area contributed by atoms with Crippen LogP contribution in [0, 0.1) is 0 Å². The molecule has 0 aliphatic heterocycles. The van der Waals surface area contributed by atoms with E-state index in [0.717, 1.165) is 5.56 Å². The van der Waals surface area contributed by atoms with Gasteiger partial charge in [-0.2, -0.15) is 13.2 Å². The fraction of sp³-hybridized carbons (Fsp3) is 0.417. The molecule has 18 heavy (non-hydrogen) atoms. The third-order valence-corrected chi connectivity index (χ3v) is 2.78. The number of aryl methyl sites for hydroxylation is 1. The Kier molecular flexibility index (Phi) is 3.30. The molecule has 98 valence electrons. The lowest BCUT2D eigenvalue weighted by atomic mass is 10.1. The quantitative estimate of drug-likeness (QED) is 0.905. The summed E-state index contributed by atoms with van der Waals surface area (Å²) >= 11 is 0. The summed E-state index contributed by atoms with van der Waals surface area (Å²) in [5.41, 5.74) is 1.37. The van der Waals surface area contributed by atoms with Gasteiger partial charge in [0.25, 0.3) is 0 Å². The van der Waals surface area contributed by atoms with Gasteiger partial charge in [0.2, 0.25) is 0 Å². The molecule has 0 radical (unpaired) electrons. The fourth-order valence-corrected chi connectivity index (χ4v) is 1.79. The second-order valence-electron chi connectivity index (χ2n) is 4.11. The highest BCUT2D eigenvalue weighted by molar-refractivity contribution is 6.00. The van der Waals surface area contributed by atoms with Gasteiger partial charge >= 0.3 is 6.18 Å². The lowest BCUT2D eigenvalue weighted by Gasteiger charge is -2.15. The summed E-state index contributed by atoms with van der Waals surface area (Å²) in [7, 11) is 0. The lowest BCUT2D eigenvalue weighted by Crippen LogP contribution is -2.34. The monoisotopic (exact) mass is 260 g/mol. The van der Waals surface area contributed by atoms with Gasteiger partial charge in [-0.1, -0.05) is 0 Å². The summed E-state index contributed by atoms with van der Waals surface area (Å²) in [6.45, 7) is -0.851. The molecule has 0 bridgehead atoms. The number of hydrogen-bond donors (Lipinski definition) is 1. The van der Waals surface area contributed by atoms with Gasteiger partial charge in [0.1, 0.15) is 12.4 Å². The third-order valence-electron chi connectivity index (χ3n) is 2.78. The van der Waals surface area contributed by atoms with E-state index in [4.69, 9.17) is 9.84 Å². The highest BCUT2D eigenvalue weighted by Crippen LogP contribution is 2.27. The molecule has 0 aromatic heterocycles. The summed E-state index contributed by atoms with van der Waals surface area (Å²) in [6.07, 6.45) is -6.20. The summed E-state index contributed by atoms with van der Waals surface area (Å²) in [6, 6.07) is 4.52. The number of halogens is 3. The van der Waals surface area contributed by atoms with Crippen LogP contribution in [0.2, 0.25) is 0 Å². The number of hydrogen-bond acceptors (Lipinski definition) is 3. The summed E-state index contributed by atoms with van der Waals surface area (Å²) in [5.74, 6) is 0.263. The number of carbonyl (C=O) groups is 1. The Morgan fingerprint density at radius 1 is 1.33 bits per heavy atom. The third kappa shape index (κ3) is 2.64. The zero-order valence-electron chi connectivity index (χ0n) is 9.33. The van der Waals surface area contributed by atoms with Crippen molar-refractivity contribution in [3.63, 3.8) is 0 Å². The normalized spacial score (nSPS) is 16.6. The standard InChI is InChI=1S/C12H11F3O3/c13-12(14,15)11(17)6-18-8-2-3-9-7(5-8)1-4-10(9)16/h2-3,5,11,17H,1,4,6H2. The first-order valence-corrected chi connectivity index (χ1v) is 5.41. The molecular weight excluding hydrogens is 249 g/mol. The van der Waals surface area contributed by atoms with E-state index in [9.17, 15) is 18.0 Å². The van der Waals surface area contributed by atoms with Gasteiger partial charge in [-0.15, -0.1) is 0 Å². The minimum Gasteiger partial charge on any atom is -0.491 e. The number of fused-ring (bicyclic) bond motifs is 1. The van der Waals surface area contributed by atoms with Crippen LogP contribution in [0.5, 0.6) is 5.75 Å². The summed E-state index contributed by atoms with van der Waals surface area (Å²) in [5, 5.41) is 8.78. The van der Waals surface area contributed by atoms with Gasteiger partial charge in [-0.3, -0.25) is 4.79 Å². The highest BCUT2D eigenvalue weighted by Gasteiger charge is 2.38. The van der Waals surface area contributed by atoms with Gasteiger partial charge in [-0.25, -0.2) is 0 Å². The maximum Gasteiger partial charge on any atom is 0.417 e. The van der Waals surface area contributed by atoms with Crippen molar-refractivity contribution in [3.05, 3.63) is 29.3 Å². The van der Waals surface area contributed by atoms with E-state index in [1.165, 1.54) is 6.07 Å². The van der Waals surface area contributed by atoms with Crippen molar-refractivity contribution in [2.24, 2.45) is 0 Å². The summed E-state index contributed by atoms with van der Waals surface area (Å²) < 4.78 is 41.0. The topological polar surface area (TPSA) is 46.5 Å². The van der Waals surface area contributed by atoms with Crippen molar-refractivity contribution in [3.8, 4) is 5.75 Å². The summed E-state index contributed by atoms with van der Waals surface area (Å²) in [4.78, 5) is 11.3. The van der Waals surface area contributed by atoms with Crippen molar-refractivity contribution in [2.75, 3.05) is 6.61 Å². The first kappa shape index (κ1) is 12.9. The van der Waals surface area contributed by atoms with E-state index in [1.54, 1.807) is 12.1 Å². The molecule has 0 saturated heterocycles. The smallest absolute Gasteiger partial charge is 0.417 e. The van der Waals surface area contributed by atoms with E-state index >= 15 is 0 Å². The van der Waals surface area contributed by atoms with Crippen LogP contribution in [0.25, 0.3) is 0 Å². The zero-order chi connectivity index (χ0) is 13.3. The van der Waals surface area contributed by atoms with Crippen LogP contribution in [0.1, 0.15) is 22.3 Å². The van der Waals surface area contributed by atoms with E-state index < -0.39 is 18.9 Å². The second kappa shape index (κ2) is 4.61. The minimum atomic E-state index is -4.69. The number of ether oxygens (including phenoxy) is 1. The number of benzene rings is 1. The van der Waals surface area contributed by atoms with Gasteiger partial charge in [-0.05, 0) is 30.2 Å². The Labute approximate surface area is 101 Å². The molecule has 2 rings (SSSR count). The molecule has 0 fully saturated rings. The van der Waals surface area contributed by atoms with Crippen LogP contribution >= 0.6 is 0 Å². The number of alkyl halides is 3. The molecule has 0 amide bonds. The molecule has 3 nitrogen and oxygen atoms in total. The highest BCUT2D eigenvalue weighted by atomic mass is 19.4. The molecule has 0 saturated carbocycles. The predicted molar refractivity (Wildman–Crippen MR) is 56.7 cm³/mol. The first-order chi connectivity index (χ1) is 8.38. The number of carbonyl (C=O) groups excluding carboxylic acids is 1. The van der Waals surface area contributed by atoms with Crippen molar-refractivity contribution in [2.45, 2.75) is 25.1 Å².